The standard InChI is InChI=1S/C15H16FNS/c1-11(2)18-10-13-8-9-14(17-15(13)16)12-6-4-3-5-7-12/h3-9,11H,10H2,1-2H3. The molecule has 1 aromatic heterocycles. The minimum atomic E-state index is -0.357. The minimum Gasteiger partial charge on any atom is -0.219 e. The highest BCUT2D eigenvalue weighted by Gasteiger charge is 2.07. The normalized spacial score (nSPS) is 10.9. The first kappa shape index (κ1) is 13.1. The number of benzene rings is 1. The van der Waals surface area contributed by atoms with Crippen molar-refractivity contribution in [2.45, 2.75) is 24.9 Å². The smallest absolute Gasteiger partial charge is 0.217 e. The van der Waals surface area contributed by atoms with Gasteiger partial charge in [-0.2, -0.15) is 16.2 Å². The molecule has 0 atom stereocenters. The number of aromatic nitrogens is 1. The Labute approximate surface area is 111 Å². The molecule has 18 heavy (non-hydrogen) atoms. The maximum atomic E-state index is 13.9. The summed E-state index contributed by atoms with van der Waals surface area (Å²) in [5, 5.41) is 0.498. The van der Waals surface area contributed by atoms with Crippen molar-refractivity contribution in [3.05, 3.63) is 54.0 Å². The van der Waals surface area contributed by atoms with Crippen molar-refractivity contribution in [3.8, 4) is 11.3 Å². The van der Waals surface area contributed by atoms with Crippen LogP contribution < -0.4 is 0 Å². The second kappa shape index (κ2) is 6.01. The Bertz CT molecular complexity index is 511. The van der Waals surface area contributed by atoms with Crippen LogP contribution >= 0.6 is 11.8 Å². The summed E-state index contributed by atoms with van der Waals surface area (Å²) in [4.78, 5) is 4.04. The summed E-state index contributed by atoms with van der Waals surface area (Å²) in [5.74, 6) is 0.315. The second-order valence-electron chi connectivity index (χ2n) is 4.37. The lowest BCUT2D eigenvalue weighted by atomic mass is 10.1. The second-order valence-corrected chi connectivity index (χ2v) is 5.94. The number of hydrogen-bond acceptors (Lipinski definition) is 2. The van der Waals surface area contributed by atoms with E-state index >= 15 is 0 Å². The Morgan fingerprint density at radius 2 is 1.83 bits per heavy atom. The van der Waals surface area contributed by atoms with E-state index in [-0.39, 0.29) is 5.95 Å². The van der Waals surface area contributed by atoms with Crippen LogP contribution in [0.1, 0.15) is 19.4 Å². The molecule has 0 radical (unpaired) electrons. The van der Waals surface area contributed by atoms with Crippen LogP contribution in [0.5, 0.6) is 0 Å². The molecule has 0 spiro atoms. The van der Waals surface area contributed by atoms with Crippen LogP contribution in [0, 0.1) is 5.95 Å². The van der Waals surface area contributed by atoms with E-state index in [0.717, 1.165) is 5.56 Å². The van der Waals surface area contributed by atoms with E-state index in [0.29, 0.717) is 22.3 Å². The predicted molar refractivity (Wildman–Crippen MR) is 76.1 cm³/mol. The summed E-state index contributed by atoms with van der Waals surface area (Å²) >= 11 is 1.72. The summed E-state index contributed by atoms with van der Waals surface area (Å²) < 4.78 is 13.9. The number of pyridine rings is 1. The van der Waals surface area contributed by atoms with Crippen molar-refractivity contribution in [3.63, 3.8) is 0 Å². The summed E-state index contributed by atoms with van der Waals surface area (Å²) in [6.45, 7) is 4.21. The number of hydrogen-bond donors (Lipinski definition) is 0. The van der Waals surface area contributed by atoms with Crippen molar-refractivity contribution in [2.24, 2.45) is 0 Å². The molecule has 0 aliphatic carbocycles. The van der Waals surface area contributed by atoms with Crippen LogP contribution in [0.2, 0.25) is 0 Å². The fourth-order valence-electron chi connectivity index (χ4n) is 1.60. The van der Waals surface area contributed by atoms with Crippen LogP contribution in [0.15, 0.2) is 42.5 Å². The molecule has 94 valence electrons. The molecule has 0 saturated carbocycles. The molecule has 0 bridgehead atoms. The summed E-state index contributed by atoms with van der Waals surface area (Å²) in [6, 6.07) is 13.4. The Balaban J connectivity index is 2.20. The summed E-state index contributed by atoms with van der Waals surface area (Å²) in [5.41, 5.74) is 2.30. The minimum absolute atomic E-state index is 0.357. The Morgan fingerprint density at radius 3 is 2.44 bits per heavy atom. The maximum Gasteiger partial charge on any atom is 0.217 e. The summed E-state index contributed by atoms with van der Waals surface area (Å²) in [6.07, 6.45) is 0. The average molecular weight is 261 g/mol. The van der Waals surface area contributed by atoms with E-state index in [9.17, 15) is 4.39 Å². The third-order valence-corrected chi connectivity index (χ3v) is 3.71. The van der Waals surface area contributed by atoms with E-state index in [2.05, 4.69) is 18.8 Å². The van der Waals surface area contributed by atoms with Gasteiger partial charge in [0.05, 0.1) is 5.69 Å². The number of rotatable bonds is 4. The van der Waals surface area contributed by atoms with Crippen molar-refractivity contribution in [1.82, 2.24) is 4.98 Å². The van der Waals surface area contributed by atoms with Gasteiger partial charge in [-0.3, -0.25) is 0 Å². The third-order valence-electron chi connectivity index (χ3n) is 2.57. The molecule has 0 amide bonds. The van der Waals surface area contributed by atoms with Gasteiger partial charge in [0.25, 0.3) is 0 Å². The van der Waals surface area contributed by atoms with Gasteiger partial charge in [0.1, 0.15) is 0 Å². The van der Waals surface area contributed by atoms with Gasteiger partial charge in [-0.15, -0.1) is 0 Å². The molecule has 1 aromatic carbocycles. The van der Waals surface area contributed by atoms with Gasteiger partial charge in [-0.05, 0) is 11.3 Å². The molecule has 0 aliphatic rings. The molecule has 2 aromatic rings. The van der Waals surface area contributed by atoms with Gasteiger partial charge in [0.2, 0.25) is 5.95 Å². The Morgan fingerprint density at radius 1 is 1.11 bits per heavy atom. The molecular weight excluding hydrogens is 245 g/mol. The maximum absolute atomic E-state index is 13.9. The van der Waals surface area contributed by atoms with Gasteiger partial charge < -0.3 is 0 Å². The topological polar surface area (TPSA) is 12.9 Å². The van der Waals surface area contributed by atoms with Gasteiger partial charge in [0, 0.05) is 16.9 Å². The van der Waals surface area contributed by atoms with E-state index in [1.807, 2.05) is 42.5 Å². The van der Waals surface area contributed by atoms with Crippen LogP contribution in [-0.2, 0) is 5.75 Å². The first-order valence-corrected chi connectivity index (χ1v) is 7.04. The molecule has 1 heterocycles. The fraction of sp³-hybridized carbons (Fsp3) is 0.267. The van der Waals surface area contributed by atoms with Crippen molar-refractivity contribution >= 4 is 11.8 Å². The monoisotopic (exact) mass is 261 g/mol. The molecule has 0 saturated heterocycles. The highest BCUT2D eigenvalue weighted by atomic mass is 32.2. The Kier molecular flexibility index (Phi) is 4.37. The average Bonchev–Trinajstić information content (AvgIpc) is 2.38. The Hall–Kier alpha value is -1.35. The lowest BCUT2D eigenvalue weighted by molar-refractivity contribution is 0.575. The van der Waals surface area contributed by atoms with Crippen LogP contribution in [0.3, 0.4) is 0 Å². The van der Waals surface area contributed by atoms with E-state index < -0.39 is 0 Å². The van der Waals surface area contributed by atoms with Crippen molar-refractivity contribution < 1.29 is 4.39 Å². The molecule has 2 rings (SSSR count). The van der Waals surface area contributed by atoms with Crippen LogP contribution in [0.25, 0.3) is 11.3 Å². The number of halogens is 1. The van der Waals surface area contributed by atoms with Gasteiger partial charge >= 0.3 is 0 Å². The molecule has 0 fully saturated rings. The molecule has 3 heteroatoms. The highest BCUT2D eigenvalue weighted by Crippen LogP contribution is 2.22. The van der Waals surface area contributed by atoms with Gasteiger partial charge in [0.15, 0.2) is 0 Å². The van der Waals surface area contributed by atoms with E-state index in [1.165, 1.54) is 0 Å². The first-order chi connectivity index (χ1) is 8.66. The summed E-state index contributed by atoms with van der Waals surface area (Å²) in [7, 11) is 0. The van der Waals surface area contributed by atoms with Crippen molar-refractivity contribution in [2.75, 3.05) is 0 Å². The van der Waals surface area contributed by atoms with Crippen molar-refractivity contribution in [1.29, 1.82) is 0 Å². The fourth-order valence-corrected chi connectivity index (χ4v) is 2.33. The lowest BCUT2D eigenvalue weighted by Crippen LogP contribution is -1.96. The van der Waals surface area contributed by atoms with Gasteiger partial charge in [-0.25, -0.2) is 4.98 Å². The third kappa shape index (κ3) is 3.33. The molecule has 0 aliphatic heterocycles. The zero-order chi connectivity index (χ0) is 13.0. The van der Waals surface area contributed by atoms with Crippen LogP contribution in [-0.4, -0.2) is 10.2 Å². The number of thioether (sulfide) groups is 1. The van der Waals surface area contributed by atoms with E-state index in [1.54, 1.807) is 11.8 Å². The SMILES string of the molecule is CC(C)SCc1ccc(-c2ccccc2)nc1F. The molecule has 0 N–H and O–H groups in total. The van der Waals surface area contributed by atoms with Gasteiger partial charge in [-0.1, -0.05) is 50.2 Å². The predicted octanol–water partition coefficient (Wildman–Crippen LogP) is 4.53. The zero-order valence-corrected chi connectivity index (χ0v) is 11.4. The molecular formula is C15H16FNS. The lowest BCUT2D eigenvalue weighted by Gasteiger charge is -2.07. The van der Waals surface area contributed by atoms with E-state index in [4.69, 9.17) is 0 Å². The number of nitrogens with zero attached hydrogens (tertiary/aromatic N) is 1. The molecule has 0 unspecified atom stereocenters. The quantitative estimate of drug-likeness (QED) is 0.750. The molecule has 1 nitrogen and oxygen atoms in total. The van der Waals surface area contributed by atoms with Crippen LogP contribution in [0.4, 0.5) is 4.39 Å². The largest absolute Gasteiger partial charge is 0.219 e. The zero-order valence-electron chi connectivity index (χ0n) is 10.6. The highest BCUT2D eigenvalue weighted by molar-refractivity contribution is 7.99. The first-order valence-electron chi connectivity index (χ1n) is 5.99.